The zero-order valence-corrected chi connectivity index (χ0v) is 10.1. The van der Waals surface area contributed by atoms with Crippen LogP contribution in [0.15, 0.2) is 42.5 Å². The molecule has 0 aromatic heterocycles. The molecule has 2 nitrogen and oxygen atoms in total. The van der Waals surface area contributed by atoms with Gasteiger partial charge in [-0.05, 0) is 43.2 Å². The highest BCUT2D eigenvalue weighted by atomic mass is 16.5. The van der Waals surface area contributed by atoms with Crippen molar-refractivity contribution in [3.8, 4) is 0 Å². The summed E-state index contributed by atoms with van der Waals surface area (Å²) in [6, 6.07) is 8.88. The molecule has 2 aliphatic rings. The van der Waals surface area contributed by atoms with E-state index in [4.69, 9.17) is 0 Å². The van der Waals surface area contributed by atoms with E-state index in [1.165, 1.54) is 26.4 Å². The molecule has 1 aromatic rings. The number of rotatable bonds is 1. The third-order valence-electron chi connectivity index (χ3n) is 3.36. The summed E-state index contributed by atoms with van der Waals surface area (Å²) in [5, 5.41) is 0. The van der Waals surface area contributed by atoms with Crippen molar-refractivity contribution in [1.29, 1.82) is 0 Å². The predicted molar refractivity (Wildman–Crippen MR) is 67.8 cm³/mol. The first-order chi connectivity index (χ1) is 8.29. The molecular formula is C15H18O2. The van der Waals surface area contributed by atoms with Gasteiger partial charge in [0.25, 0.3) is 0 Å². The van der Waals surface area contributed by atoms with E-state index in [-0.39, 0.29) is 5.97 Å². The van der Waals surface area contributed by atoms with Crippen LogP contribution >= 0.6 is 0 Å². The number of hydrogen-bond donors (Lipinski definition) is 0. The molecule has 1 aromatic carbocycles. The quantitative estimate of drug-likeness (QED) is 0.545. The molecule has 0 aliphatic heterocycles. The number of fused-ring (bicyclic) bond motifs is 2. The molecule has 17 heavy (non-hydrogen) atoms. The van der Waals surface area contributed by atoms with Crippen molar-refractivity contribution in [1.82, 2.24) is 0 Å². The molecule has 2 atom stereocenters. The van der Waals surface area contributed by atoms with Crippen molar-refractivity contribution >= 4 is 5.97 Å². The Hall–Kier alpha value is -1.57. The van der Waals surface area contributed by atoms with Gasteiger partial charge in [-0.1, -0.05) is 30.4 Å². The molecule has 1 saturated carbocycles. The second-order valence-electron chi connectivity index (χ2n) is 4.58. The van der Waals surface area contributed by atoms with Gasteiger partial charge in [0.15, 0.2) is 0 Å². The second-order valence-corrected chi connectivity index (χ2v) is 4.58. The van der Waals surface area contributed by atoms with Gasteiger partial charge in [0.2, 0.25) is 0 Å². The Morgan fingerprint density at radius 2 is 1.71 bits per heavy atom. The van der Waals surface area contributed by atoms with E-state index in [0.717, 1.165) is 11.8 Å². The van der Waals surface area contributed by atoms with Crippen LogP contribution in [0.4, 0.5) is 0 Å². The normalized spacial score (nSPS) is 24.1. The Morgan fingerprint density at radius 3 is 2.06 bits per heavy atom. The van der Waals surface area contributed by atoms with Crippen LogP contribution < -0.4 is 0 Å². The first-order valence-electron chi connectivity index (χ1n) is 6.11. The number of esters is 1. The summed E-state index contributed by atoms with van der Waals surface area (Å²) in [7, 11) is 1.37. The fourth-order valence-corrected chi connectivity index (χ4v) is 2.41. The van der Waals surface area contributed by atoms with Crippen molar-refractivity contribution in [2.24, 2.45) is 11.8 Å². The van der Waals surface area contributed by atoms with Crippen LogP contribution in [0.3, 0.4) is 0 Å². The molecule has 3 rings (SSSR count). The highest BCUT2D eigenvalue weighted by Crippen LogP contribution is 2.38. The van der Waals surface area contributed by atoms with Crippen LogP contribution in [-0.4, -0.2) is 13.1 Å². The minimum absolute atomic E-state index is 0.291. The van der Waals surface area contributed by atoms with Gasteiger partial charge in [-0.2, -0.15) is 0 Å². The molecule has 0 N–H and O–H groups in total. The topological polar surface area (TPSA) is 26.3 Å². The van der Waals surface area contributed by atoms with Gasteiger partial charge in [0.05, 0.1) is 12.7 Å². The number of benzene rings is 1. The average Bonchev–Trinajstić information content (AvgIpc) is 3.04. The summed E-state index contributed by atoms with van der Waals surface area (Å²) in [5.41, 5.74) is 0.588. The lowest BCUT2D eigenvalue weighted by atomic mass is 10.1. The first-order valence-corrected chi connectivity index (χ1v) is 6.11. The molecule has 90 valence electrons. The van der Waals surface area contributed by atoms with E-state index in [1.54, 1.807) is 24.3 Å². The molecule has 0 radical (unpaired) electrons. The lowest BCUT2D eigenvalue weighted by Gasteiger charge is -1.96. The van der Waals surface area contributed by atoms with E-state index < -0.39 is 0 Å². The number of allylic oxidation sites excluding steroid dienone is 2. The lowest BCUT2D eigenvalue weighted by Crippen LogP contribution is -1.99. The summed E-state index contributed by atoms with van der Waals surface area (Å²) >= 11 is 0. The Bertz CT molecular complexity index is 383. The summed E-state index contributed by atoms with van der Waals surface area (Å²) in [6.07, 6.45) is 9.19. The van der Waals surface area contributed by atoms with Gasteiger partial charge in [-0.25, -0.2) is 4.79 Å². The molecule has 2 heteroatoms. The highest BCUT2D eigenvalue weighted by molar-refractivity contribution is 5.89. The van der Waals surface area contributed by atoms with Crippen LogP contribution in [-0.2, 0) is 4.74 Å². The van der Waals surface area contributed by atoms with E-state index in [1.807, 2.05) is 6.07 Å². The van der Waals surface area contributed by atoms with Gasteiger partial charge in [0, 0.05) is 0 Å². The second kappa shape index (κ2) is 5.67. The maximum Gasteiger partial charge on any atom is 0.337 e. The molecule has 0 saturated heterocycles. The van der Waals surface area contributed by atoms with Crippen molar-refractivity contribution in [3.05, 3.63) is 48.0 Å². The van der Waals surface area contributed by atoms with Crippen molar-refractivity contribution in [2.45, 2.75) is 19.3 Å². The minimum Gasteiger partial charge on any atom is -0.465 e. The summed E-state index contributed by atoms with van der Waals surface area (Å²) in [5.74, 6) is 1.69. The van der Waals surface area contributed by atoms with E-state index >= 15 is 0 Å². The maximum absolute atomic E-state index is 10.8. The monoisotopic (exact) mass is 230 g/mol. The third kappa shape index (κ3) is 3.19. The average molecular weight is 230 g/mol. The van der Waals surface area contributed by atoms with Gasteiger partial charge in [-0.15, -0.1) is 0 Å². The Labute approximate surface area is 102 Å². The number of ether oxygens (including phenoxy) is 1. The van der Waals surface area contributed by atoms with Crippen molar-refractivity contribution < 1.29 is 9.53 Å². The first kappa shape index (κ1) is 11.9. The van der Waals surface area contributed by atoms with Gasteiger partial charge >= 0.3 is 5.97 Å². The fraction of sp³-hybridized carbons (Fsp3) is 0.400. The van der Waals surface area contributed by atoms with Crippen LogP contribution in [0, 0.1) is 11.8 Å². The molecule has 2 unspecified atom stereocenters. The Balaban J connectivity index is 0.000000134. The van der Waals surface area contributed by atoms with Crippen LogP contribution in [0.25, 0.3) is 0 Å². The van der Waals surface area contributed by atoms with Gasteiger partial charge in [-0.3, -0.25) is 0 Å². The van der Waals surface area contributed by atoms with E-state index in [2.05, 4.69) is 16.9 Å². The van der Waals surface area contributed by atoms with Crippen LogP contribution in [0.2, 0.25) is 0 Å². The van der Waals surface area contributed by atoms with Crippen LogP contribution in [0.5, 0.6) is 0 Å². The van der Waals surface area contributed by atoms with Gasteiger partial charge in [0.1, 0.15) is 0 Å². The SMILES string of the molecule is C1=CC2CCC1C2.COC(=O)c1ccccc1. The third-order valence-corrected chi connectivity index (χ3v) is 3.36. The molecule has 1 fully saturated rings. The zero-order chi connectivity index (χ0) is 12.1. The van der Waals surface area contributed by atoms with Crippen molar-refractivity contribution in [2.75, 3.05) is 7.11 Å². The molecular weight excluding hydrogens is 212 g/mol. The molecule has 2 aliphatic carbocycles. The molecule has 0 heterocycles. The standard InChI is InChI=1S/C8H8O2.C7H10/c1-10-8(9)7-5-3-2-4-6-7;1-2-7-4-3-6(1)5-7/h2-6H,1H3;1-2,6-7H,3-5H2. The molecule has 0 amide bonds. The number of carbonyl (C=O) groups excluding carboxylic acids is 1. The minimum atomic E-state index is -0.291. The Kier molecular flexibility index (Phi) is 3.97. The summed E-state index contributed by atoms with van der Waals surface area (Å²) < 4.78 is 4.50. The Morgan fingerprint density at radius 1 is 1.12 bits per heavy atom. The van der Waals surface area contributed by atoms with Crippen LogP contribution in [0.1, 0.15) is 29.6 Å². The van der Waals surface area contributed by atoms with E-state index in [0.29, 0.717) is 5.56 Å². The largest absolute Gasteiger partial charge is 0.465 e. The maximum atomic E-state index is 10.8. The smallest absolute Gasteiger partial charge is 0.337 e. The molecule has 0 spiro atoms. The van der Waals surface area contributed by atoms with E-state index in [9.17, 15) is 4.79 Å². The highest BCUT2D eigenvalue weighted by Gasteiger charge is 2.25. The summed E-state index contributed by atoms with van der Waals surface area (Å²) in [6.45, 7) is 0. The lowest BCUT2D eigenvalue weighted by molar-refractivity contribution is 0.0601. The van der Waals surface area contributed by atoms with Crippen molar-refractivity contribution in [3.63, 3.8) is 0 Å². The number of methoxy groups -OCH3 is 1. The van der Waals surface area contributed by atoms with Gasteiger partial charge < -0.3 is 4.74 Å². The zero-order valence-electron chi connectivity index (χ0n) is 10.1. The molecule has 2 bridgehead atoms. The fourth-order valence-electron chi connectivity index (χ4n) is 2.41. The summed E-state index contributed by atoms with van der Waals surface area (Å²) in [4.78, 5) is 10.8. The number of carbonyl (C=O) groups is 1. The number of hydrogen-bond acceptors (Lipinski definition) is 2. The predicted octanol–water partition coefficient (Wildman–Crippen LogP) is 3.45.